The summed E-state index contributed by atoms with van der Waals surface area (Å²) >= 11 is 0. The SMILES string of the molecule is CCC.COc1cc2c(cc1OCCCN1CCOCC1)C(O)=C(c1ccncc1)C2=O. The Morgan fingerprint density at radius 2 is 1.75 bits per heavy atom. The van der Waals surface area contributed by atoms with Crippen LogP contribution in [0.2, 0.25) is 0 Å². The molecule has 0 spiro atoms. The van der Waals surface area contributed by atoms with Crippen LogP contribution in [0.5, 0.6) is 11.5 Å². The molecule has 1 aliphatic carbocycles. The summed E-state index contributed by atoms with van der Waals surface area (Å²) in [7, 11) is 1.54. The molecule has 1 saturated heterocycles. The van der Waals surface area contributed by atoms with Crippen molar-refractivity contribution in [2.24, 2.45) is 0 Å². The number of Topliss-reactive ketones (excluding diaryl/α,β-unsaturated/α-hetero) is 1. The zero-order chi connectivity index (χ0) is 22.9. The van der Waals surface area contributed by atoms with Crippen molar-refractivity contribution in [3.05, 3.63) is 53.3 Å². The number of carbonyl (C=O) groups excluding carboxylic acids is 1. The number of pyridine rings is 1. The molecular formula is C25H32N2O5. The number of aliphatic hydroxyl groups is 1. The van der Waals surface area contributed by atoms with Crippen LogP contribution in [0.4, 0.5) is 0 Å². The van der Waals surface area contributed by atoms with E-state index in [1.54, 1.807) is 43.8 Å². The first-order valence-corrected chi connectivity index (χ1v) is 11.1. The first-order chi connectivity index (χ1) is 15.6. The number of aromatic nitrogens is 1. The Labute approximate surface area is 189 Å². The normalized spacial score (nSPS) is 15.8. The quantitative estimate of drug-likeness (QED) is 0.645. The summed E-state index contributed by atoms with van der Waals surface area (Å²) in [4.78, 5) is 19.2. The number of aliphatic hydroxyl groups excluding tert-OH is 1. The number of benzene rings is 1. The molecule has 2 aliphatic rings. The number of ether oxygens (including phenoxy) is 3. The van der Waals surface area contributed by atoms with Gasteiger partial charge in [-0.05, 0) is 36.2 Å². The van der Waals surface area contributed by atoms with Crippen LogP contribution >= 0.6 is 0 Å². The largest absolute Gasteiger partial charge is 0.506 e. The van der Waals surface area contributed by atoms with Gasteiger partial charge >= 0.3 is 0 Å². The van der Waals surface area contributed by atoms with Crippen molar-refractivity contribution in [1.82, 2.24) is 9.88 Å². The highest BCUT2D eigenvalue weighted by Crippen LogP contribution is 2.42. The van der Waals surface area contributed by atoms with Crippen molar-refractivity contribution < 1.29 is 24.1 Å². The maximum Gasteiger partial charge on any atom is 0.198 e. The lowest BCUT2D eigenvalue weighted by atomic mass is 10.0. The lowest BCUT2D eigenvalue weighted by Gasteiger charge is -2.26. The van der Waals surface area contributed by atoms with Gasteiger partial charge in [0.25, 0.3) is 0 Å². The Kier molecular flexibility index (Phi) is 8.64. The van der Waals surface area contributed by atoms with Gasteiger partial charge in [0.15, 0.2) is 17.3 Å². The highest BCUT2D eigenvalue weighted by atomic mass is 16.5. The van der Waals surface area contributed by atoms with Gasteiger partial charge in [-0.1, -0.05) is 20.3 Å². The van der Waals surface area contributed by atoms with E-state index in [4.69, 9.17) is 14.2 Å². The Hall–Kier alpha value is -2.90. The van der Waals surface area contributed by atoms with E-state index in [1.165, 1.54) is 6.42 Å². The Morgan fingerprint density at radius 3 is 2.41 bits per heavy atom. The van der Waals surface area contributed by atoms with Crippen LogP contribution in [0.3, 0.4) is 0 Å². The molecule has 4 rings (SSSR count). The molecule has 0 radical (unpaired) electrons. The summed E-state index contributed by atoms with van der Waals surface area (Å²) < 4.78 is 16.7. The highest BCUT2D eigenvalue weighted by Gasteiger charge is 2.32. The summed E-state index contributed by atoms with van der Waals surface area (Å²) in [6.45, 7) is 9.15. The predicted molar refractivity (Wildman–Crippen MR) is 124 cm³/mol. The van der Waals surface area contributed by atoms with Gasteiger partial charge in [-0.15, -0.1) is 0 Å². The molecule has 0 atom stereocenters. The lowest BCUT2D eigenvalue weighted by Crippen LogP contribution is -2.37. The minimum absolute atomic E-state index is 0.0444. The molecule has 32 heavy (non-hydrogen) atoms. The van der Waals surface area contributed by atoms with Crippen molar-refractivity contribution in [3.63, 3.8) is 0 Å². The zero-order valence-electron chi connectivity index (χ0n) is 19.1. The molecule has 2 aromatic rings. The molecule has 172 valence electrons. The maximum atomic E-state index is 12.9. The molecule has 0 unspecified atom stereocenters. The molecule has 1 fully saturated rings. The molecule has 1 aliphatic heterocycles. The molecule has 1 aromatic carbocycles. The Morgan fingerprint density at radius 1 is 1.09 bits per heavy atom. The fourth-order valence-corrected chi connectivity index (χ4v) is 3.67. The second kappa shape index (κ2) is 11.6. The van der Waals surface area contributed by atoms with Gasteiger partial charge in [0, 0.05) is 43.2 Å². The average Bonchev–Trinajstić information content (AvgIpc) is 3.07. The van der Waals surface area contributed by atoms with Crippen molar-refractivity contribution >= 4 is 17.1 Å². The lowest BCUT2D eigenvalue weighted by molar-refractivity contribution is 0.0357. The summed E-state index contributed by atoms with van der Waals surface area (Å²) in [5.74, 6) is 0.716. The third kappa shape index (κ3) is 5.47. The zero-order valence-corrected chi connectivity index (χ0v) is 19.1. The van der Waals surface area contributed by atoms with Crippen molar-refractivity contribution in [2.75, 3.05) is 46.6 Å². The smallest absolute Gasteiger partial charge is 0.198 e. The molecule has 0 bridgehead atoms. The van der Waals surface area contributed by atoms with E-state index in [0.29, 0.717) is 34.8 Å². The third-order valence-corrected chi connectivity index (χ3v) is 5.22. The maximum absolute atomic E-state index is 12.9. The van der Waals surface area contributed by atoms with Crippen LogP contribution < -0.4 is 9.47 Å². The molecule has 0 amide bonds. The number of ketones is 1. The van der Waals surface area contributed by atoms with Gasteiger partial charge in [-0.2, -0.15) is 0 Å². The first kappa shape index (κ1) is 23.8. The number of nitrogens with zero attached hydrogens (tertiary/aromatic N) is 2. The average molecular weight is 441 g/mol. The van der Waals surface area contributed by atoms with Crippen molar-refractivity contribution in [1.29, 1.82) is 0 Å². The van der Waals surface area contributed by atoms with Gasteiger partial charge in [0.05, 0.1) is 32.5 Å². The number of carbonyl (C=O) groups is 1. The second-order valence-corrected chi connectivity index (χ2v) is 7.70. The van der Waals surface area contributed by atoms with E-state index >= 15 is 0 Å². The molecule has 7 heteroatoms. The molecule has 2 heterocycles. The highest BCUT2D eigenvalue weighted by molar-refractivity contribution is 6.39. The first-order valence-electron chi connectivity index (χ1n) is 11.1. The van der Waals surface area contributed by atoms with Crippen LogP contribution in [0.1, 0.15) is 48.2 Å². The second-order valence-electron chi connectivity index (χ2n) is 7.70. The van der Waals surface area contributed by atoms with E-state index in [-0.39, 0.29) is 17.1 Å². The Bertz CT molecular complexity index is 937. The molecular weight excluding hydrogens is 408 g/mol. The van der Waals surface area contributed by atoms with Gasteiger partial charge in [-0.25, -0.2) is 0 Å². The standard InChI is InChI=1S/C22H24N2O5.C3H8/c1-27-18-13-16-17(22(26)20(21(16)25)15-3-5-23-6-4-15)14-19(18)29-10-2-7-24-8-11-28-12-9-24;1-3-2/h3-6,13-14,26H,2,7-12H2,1H3;3H2,1-2H3. The Balaban J connectivity index is 0.000000913. The number of rotatable bonds is 7. The number of fused-ring (bicyclic) bond motifs is 1. The summed E-state index contributed by atoms with van der Waals surface area (Å²) in [5, 5.41) is 10.7. The number of hydrogen-bond acceptors (Lipinski definition) is 7. The number of allylic oxidation sites excluding steroid dienone is 1. The molecule has 1 aromatic heterocycles. The van der Waals surface area contributed by atoms with E-state index in [9.17, 15) is 9.90 Å². The van der Waals surface area contributed by atoms with E-state index in [1.807, 2.05) is 0 Å². The van der Waals surface area contributed by atoms with Gasteiger partial charge in [-0.3, -0.25) is 14.7 Å². The van der Waals surface area contributed by atoms with Gasteiger partial charge in [0.2, 0.25) is 0 Å². The van der Waals surface area contributed by atoms with Crippen LogP contribution in [0.25, 0.3) is 11.3 Å². The third-order valence-electron chi connectivity index (χ3n) is 5.22. The number of hydrogen-bond donors (Lipinski definition) is 1. The predicted octanol–water partition coefficient (Wildman–Crippen LogP) is 4.23. The number of methoxy groups -OCH3 is 1. The topological polar surface area (TPSA) is 81.1 Å². The molecule has 0 saturated carbocycles. The van der Waals surface area contributed by atoms with Crippen molar-refractivity contribution in [3.8, 4) is 11.5 Å². The van der Waals surface area contributed by atoms with Gasteiger partial charge in [0.1, 0.15) is 5.76 Å². The van der Waals surface area contributed by atoms with E-state index < -0.39 is 0 Å². The molecule has 1 N–H and O–H groups in total. The monoisotopic (exact) mass is 440 g/mol. The van der Waals surface area contributed by atoms with Crippen LogP contribution in [0.15, 0.2) is 36.7 Å². The summed E-state index contributed by atoms with van der Waals surface area (Å²) in [6, 6.07) is 6.73. The minimum Gasteiger partial charge on any atom is -0.506 e. The van der Waals surface area contributed by atoms with Crippen molar-refractivity contribution in [2.45, 2.75) is 26.7 Å². The van der Waals surface area contributed by atoms with Crippen LogP contribution in [0, 0.1) is 0 Å². The van der Waals surface area contributed by atoms with Gasteiger partial charge < -0.3 is 19.3 Å². The number of morpholine rings is 1. The molecule has 7 nitrogen and oxygen atoms in total. The fourth-order valence-electron chi connectivity index (χ4n) is 3.67. The van der Waals surface area contributed by atoms with E-state index in [2.05, 4.69) is 23.7 Å². The fraction of sp³-hybridized carbons (Fsp3) is 0.440. The summed E-state index contributed by atoms with van der Waals surface area (Å²) in [5.41, 5.74) is 1.78. The van der Waals surface area contributed by atoms with Crippen LogP contribution in [-0.4, -0.2) is 67.3 Å². The minimum atomic E-state index is -0.235. The van der Waals surface area contributed by atoms with Crippen LogP contribution in [-0.2, 0) is 4.74 Å². The van der Waals surface area contributed by atoms with E-state index in [0.717, 1.165) is 39.3 Å². The summed E-state index contributed by atoms with van der Waals surface area (Å²) in [6.07, 6.45) is 5.30.